The summed E-state index contributed by atoms with van der Waals surface area (Å²) in [6, 6.07) is 8.13. The summed E-state index contributed by atoms with van der Waals surface area (Å²) >= 11 is 0. The molecule has 1 heterocycles. The second-order valence-electron chi connectivity index (χ2n) is 4.62. The average molecular weight is 258 g/mol. The number of hydrogen-bond acceptors (Lipinski definition) is 1. The number of hydrogen-bond donors (Lipinski definition) is 1. The number of rotatable bonds is 1. The first-order valence-electron chi connectivity index (χ1n) is 5.97. The van der Waals surface area contributed by atoms with Crippen LogP contribution in [0, 0.1) is 25.5 Å². The lowest BCUT2D eigenvalue weighted by Gasteiger charge is -2.04. The van der Waals surface area contributed by atoms with Gasteiger partial charge in [0.05, 0.1) is 11.0 Å². The minimum absolute atomic E-state index is 0.426. The zero-order chi connectivity index (χ0) is 13.6. The fourth-order valence-electron chi connectivity index (χ4n) is 2.14. The molecule has 0 saturated heterocycles. The van der Waals surface area contributed by atoms with Crippen molar-refractivity contribution in [3.8, 4) is 11.4 Å². The van der Waals surface area contributed by atoms with Gasteiger partial charge < -0.3 is 4.98 Å². The molecule has 0 aliphatic carbocycles. The molecule has 1 N–H and O–H groups in total. The number of nitrogens with zero attached hydrogens (tertiary/aromatic N) is 1. The van der Waals surface area contributed by atoms with Gasteiger partial charge in [-0.25, -0.2) is 13.8 Å². The predicted octanol–water partition coefficient (Wildman–Crippen LogP) is 4.12. The molecular weight excluding hydrogens is 246 g/mol. The Bertz CT molecular complexity index is 736. The van der Waals surface area contributed by atoms with Gasteiger partial charge in [-0.15, -0.1) is 0 Å². The normalized spacial score (nSPS) is 11.2. The highest BCUT2D eigenvalue weighted by atomic mass is 19.2. The van der Waals surface area contributed by atoms with Crippen LogP contribution in [0.2, 0.25) is 0 Å². The lowest BCUT2D eigenvalue weighted by molar-refractivity contribution is 0.510. The van der Waals surface area contributed by atoms with E-state index in [0.717, 1.165) is 28.8 Å². The number of imidazole rings is 1. The summed E-state index contributed by atoms with van der Waals surface area (Å²) in [7, 11) is 0. The van der Waals surface area contributed by atoms with E-state index in [0.29, 0.717) is 16.9 Å². The van der Waals surface area contributed by atoms with Crippen molar-refractivity contribution in [2.45, 2.75) is 13.8 Å². The Morgan fingerprint density at radius 3 is 2.58 bits per heavy atom. The van der Waals surface area contributed by atoms with Crippen LogP contribution in [0.25, 0.3) is 22.4 Å². The maximum absolute atomic E-state index is 13.2. The van der Waals surface area contributed by atoms with Crippen LogP contribution in [0.15, 0.2) is 30.3 Å². The average Bonchev–Trinajstić information content (AvgIpc) is 2.76. The molecule has 0 atom stereocenters. The fraction of sp³-hybridized carbons (Fsp3) is 0.133. The van der Waals surface area contributed by atoms with Crippen molar-refractivity contribution in [3.05, 3.63) is 53.1 Å². The van der Waals surface area contributed by atoms with Crippen molar-refractivity contribution in [2.75, 3.05) is 0 Å². The Balaban J connectivity index is 2.23. The van der Waals surface area contributed by atoms with Crippen LogP contribution in [0.5, 0.6) is 0 Å². The molecule has 3 aromatic rings. The molecule has 3 rings (SSSR count). The van der Waals surface area contributed by atoms with Crippen LogP contribution in [0.4, 0.5) is 8.78 Å². The Kier molecular flexibility index (Phi) is 2.59. The summed E-state index contributed by atoms with van der Waals surface area (Å²) in [5, 5.41) is 0. The number of aromatic nitrogens is 2. The van der Waals surface area contributed by atoms with Crippen molar-refractivity contribution in [1.29, 1.82) is 0 Å². The quantitative estimate of drug-likeness (QED) is 0.698. The van der Waals surface area contributed by atoms with Gasteiger partial charge in [-0.1, -0.05) is 18.2 Å². The molecule has 0 unspecified atom stereocenters. The molecule has 19 heavy (non-hydrogen) atoms. The first kappa shape index (κ1) is 11.8. The van der Waals surface area contributed by atoms with Crippen molar-refractivity contribution >= 4 is 11.0 Å². The zero-order valence-corrected chi connectivity index (χ0v) is 10.6. The molecule has 1 aromatic heterocycles. The van der Waals surface area contributed by atoms with E-state index in [1.54, 1.807) is 0 Å². The third-order valence-corrected chi connectivity index (χ3v) is 3.38. The van der Waals surface area contributed by atoms with Crippen LogP contribution in [0.1, 0.15) is 11.1 Å². The molecule has 0 fully saturated rings. The lowest BCUT2D eigenvalue weighted by Crippen LogP contribution is -1.88. The number of H-pyrrole nitrogens is 1. The van der Waals surface area contributed by atoms with Crippen molar-refractivity contribution < 1.29 is 8.78 Å². The van der Waals surface area contributed by atoms with Crippen LogP contribution in [-0.4, -0.2) is 9.97 Å². The number of benzene rings is 2. The molecular formula is C15H12F2N2. The molecule has 0 amide bonds. The second kappa shape index (κ2) is 4.16. The van der Waals surface area contributed by atoms with Crippen LogP contribution < -0.4 is 0 Å². The topological polar surface area (TPSA) is 28.7 Å². The van der Waals surface area contributed by atoms with Gasteiger partial charge in [-0.3, -0.25) is 0 Å². The standard InChI is InChI=1S/C15H12F2N2/c1-8-4-3-5-10(9(8)2)15-18-13-6-11(16)12(17)7-14(13)19-15/h3-7H,1-2H3,(H,18,19). The van der Waals surface area contributed by atoms with Crippen molar-refractivity contribution in [2.24, 2.45) is 0 Å². The molecule has 2 nitrogen and oxygen atoms in total. The second-order valence-corrected chi connectivity index (χ2v) is 4.62. The van der Waals surface area contributed by atoms with Gasteiger partial charge in [0.15, 0.2) is 11.6 Å². The van der Waals surface area contributed by atoms with Gasteiger partial charge in [0.2, 0.25) is 0 Å². The summed E-state index contributed by atoms with van der Waals surface area (Å²) in [5.41, 5.74) is 4.11. The summed E-state index contributed by atoms with van der Waals surface area (Å²) in [6.45, 7) is 4.01. The van der Waals surface area contributed by atoms with E-state index in [9.17, 15) is 8.78 Å². The highest BCUT2D eigenvalue weighted by Gasteiger charge is 2.11. The first-order chi connectivity index (χ1) is 9.06. The van der Waals surface area contributed by atoms with Crippen molar-refractivity contribution in [1.82, 2.24) is 9.97 Å². The van der Waals surface area contributed by atoms with E-state index in [1.807, 2.05) is 32.0 Å². The van der Waals surface area contributed by atoms with E-state index in [1.165, 1.54) is 0 Å². The van der Waals surface area contributed by atoms with Gasteiger partial charge in [-0.05, 0) is 25.0 Å². The monoisotopic (exact) mass is 258 g/mol. The molecule has 0 spiro atoms. The minimum Gasteiger partial charge on any atom is -0.338 e. The Morgan fingerprint density at radius 1 is 1.05 bits per heavy atom. The number of aryl methyl sites for hydroxylation is 1. The highest BCUT2D eigenvalue weighted by Crippen LogP contribution is 2.26. The molecule has 0 saturated carbocycles. The number of halogens is 2. The third kappa shape index (κ3) is 1.89. The molecule has 0 bridgehead atoms. The largest absolute Gasteiger partial charge is 0.338 e. The van der Waals surface area contributed by atoms with E-state index >= 15 is 0 Å². The summed E-state index contributed by atoms with van der Waals surface area (Å²) < 4.78 is 26.4. The third-order valence-electron chi connectivity index (χ3n) is 3.38. The van der Waals surface area contributed by atoms with Gasteiger partial charge in [0, 0.05) is 17.7 Å². The first-order valence-corrected chi connectivity index (χ1v) is 5.97. The van der Waals surface area contributed by atoms with E-state index in [4.69, 9.17) is 0 Å². The van der Waals surface area contributed by atoms with Crippen molar-refractivity contribution in [3.63, 3.8) is 0 Å². The van der Waals surface area contributed by atoms with Gasteiger partial charge in [0.25, 0.3) is 0 Å². The number of fused-ring (bicyclic) bond motifs is 1. The Morgan fingerprint density at radius 2 is 1.79 bits per heavy atom. The van der Waals surface area contributed by atoms with E-state index in [-0.39, 0.29) is 0 Å². The zero-order valence-electron chi connectivity index (χ0n) is 10.6. The van der Waals surface area contributed by atoms with Gasteiger partial charge in [-0.2, -0.15) is 0 Å². The van der Waals surface area contributed by atoms with E-state index < -0.39 is 11.6 Å². The Labute approximate surface area is 109 Å². The lowest BCUT2D eigenvalue weighted by atomic mass is 10.0. The smallest absolute Gasteiger partial charge is 0.161 e. The van der Waals surface area contributed by atoms with Gasteiger partial charge >= 0.3 is 0 Å². The maximum Gasteiger partial charge on any atom is 0.161 e. The van der Waals surface area contributed by atoms with E-state index in [2.05, 4.69) is 9.97 Å². The highest BCUT2D eigenvalue weighted by molar-refractivity contribution is 5.80. The fourth-order valence-corrected chi connectivity index (χ4v) is 2.14. The minimum atomic E-state index is -0.883. The van der Waals surface area contributed by atoms with Gasteiger partial charge in [0.1, 0.15) is 5.82 Å². The SMILES string of the molecule is Cc1cccc(-c2nc3cc(F)c(F)cc3[nH]2)c1C. The Hall–Kier alpha value is -2.23. The summed E-state index contributed by atoms with van der Waals surface area (Å²) in [6.07, 6.45) is 0. The maximum atomic E-state index is 13.2. The van der Waals surface area contributed by atoms with Crippen LogP contribution >= 0.6 is 0 Å². The van der Waals surface area contributed by atoms with Crippen LogP contribution in [0.3, 0.4) is 0 Å². The molecule has 0 aliphatic rings. The molecule has 2 aromatic carbocycles. The van der Waals surface area contributed by atoms with Crippen LogP contribution in [-0.2, 0) is 0 Å². The summed E-state index contributed by atoms with van der Waals surface area (Å²) in [5.74, 6) is -1.13. The number of nitrogens with one attached hydrogen (secondary N) is 1. The summed E-state index contributed by atoms with van der Waals surface area (Å²) in [4.78, 5) is 7.35. The predicted molar refractivity (Wildman–Crippen MR) is 70.9 cm³/mol. The number of aromatic amines is 1. The molecule has 96 valence electrons. The molecule has 0 aliphatic heterocycles. The molecule has 0 radical (unpaired) electrons. The molecule has 4 heteroatoms.